The molecule has 2 N–H and O–H groups in total. The van der Waals surface area contributed by atoms with Gasteiger partial charge < -0.3 is 15.2 Å². The maximum absolute atomic E-state index is 12.0. The minimum Gasteiger partial charge on any atom is -0.449 e. The summed E-state index contributed by atoms with van der Waals surface area (Å²) >= 11 is 0. The highest BCUT2D eigenvalue weighted by Gasteiger charge is 2.29. The van der Waals surface area contributed by atoms with Gasteiger partial charge in [-0.05, 0) is 42.0 Å². The quantitative estimate of drug-likeness (QED) is 0.851. The van der Waals surface area contributed by atoms with Gasteiger partial charge in [0.1, 0.15) is 6.61 Å². The summed E-state index contributed by atoms with van der Waals surface area (Å²) in [5.41, 5.74) is 4.86. The maximum Gasteiger partial charge on any atom is 0.407 e. The van der Waals surface area contributed by atoms with E-state index in [-0.39, 0.29) is 18.6 Å². The fourth-order valence-corrected chi connectivity index (χ4v) is 3.31. The predicted octanol–water partition coefficient (Wildman–Crippen LogP) is 3.69. The van der Waals surface area contributed by atoms with Crippen molar-refractivity contribution >= 4 is 6.09 Å². The fraction of sp³-hybridized carbons (Fsp3) is 0.350. The van der Waals surface area contributed by atoms with Crippen molar-refractivity contribution in [3.63, 3.8) is 0 Å². The minimum atomic E-state index is -0.401. The third-order valence-corrected chi connectivity index (χ3v) is 4.50. The Morgan fingerprint density at radius 2 is 1.71 bits per heavy atom. The number of alkyl carbamates (subject to hydrolysis) is 1. The van der Waals surface area contributed by atoms with Crippen LogP contribution in [-0.4, -0.2) is 30.5 Å². The molecule has 4 heteroatoms. The number of ether oxygens (including phenoxy) is 1. The van der Waals surface area contributed by atoms with Gasteiger partial charge in [0.05, 0.1) is 0 Å². The zero-order chi connectivity index (χ0) is 16.9. The van der Waals surface area contributed by atoms with Crippen LogP contribution >= 0.6 is 0 Å². The molecular formula is C20H23NO3. The topological polar surface area (TPSA) is 58.6 Å². The van der Waals surface area contributed by atoms with Crippen molar-refractivity contribution in [1.29, 1.82) is 0 Å². The zero-order valence-electron chi connectivity index (χ0n) is 13.9. The molecule has 2 aromatic rings. The molecule has 0 unspecified atom stereocenters. The zero-order valence-corrected chi connectivity index (χ0v) is 13.9. The Balaban J connectivity index is 1.66. The molecule has 1 atom stereocenters. The molecule has 0 radical (unpaired) electrons. The van der Waals surface area contributed by atoms with Crippen LogP contribution in [0.1, 0.15) is 36.8 Å². The van der Waals surface area contributed by atoms with Gasteiger partial charge in [-0.15, -0.1) is 0 Å². The van der Waals surface area contributed by atoms with Gasteiger partial charge in [0.25, 0.3) is 0 Å². The first kappa shape index (κ1) is 16.5. The Kier molecular flexibility index (Phi) is 5.16. The molecule has 4 nitrogen and oxygen atoms in total. The monoisotopic (exact) mass is 325 g/mol. The van der Waals surface area contributed by atoms with Crippen LogP contribution in [0.4, 0.5) is 4.79 Å². The second-order valence-electron chi connectivity index (χ2n) is 6.24. The Labute approximate surface area is 142 Å². The van der Waals surface area contributed by atoms with Crippen LogP contribution in [-0.2, 0) is 4.74 Å². The highest BCUT2D eigenvalue weighted by atomic mass is 16.5. The molecule has 0 bridgehead atoms. The van der Waals surface area contributed by atoms with E-state index in [0.717, 1.165) is 6.42 Å². The van der Waals surface area contributed by atoms with Crippen molar-refractivity contribution in [2.45, 2.75) is 31.7 Å². The first-order valence-electron chi connectivity index (χ1n) is 8.43. The van der Waals surface area contributed by atoms with Crippen LogP contribution in [0, 0.1) is 0 Å². The molecule has 0 aromatic heterocycles. The lowest BCUT2D eigenvalue weighted by atomic mass is 9.98. The van der Waals surface area contributed by atoms with E-state index in [4.69, 9.17) is 9.84 Å². The van der Waals surface area contributed by atoms with E-state index < -0.39 is 6.09 Å². The van der Waals surface area contributed by atoms with Gasteiger partial charge in [-0.2, -0.15) is 0 Å². The molecular weight excluding hydrogens is 302 g/mol. The third-order valence-electron chi connectivity index (χ3n) is 4.50. The summed E-state index contributed by atoms with van der Waals surface area (Å²) in [6, 6.07) is 16.5. The smallest absolute Gasteiger partial charge is 0.407 e. The molecule has 0 saturated heterocycles. The van der Waals surface area contributed by atoms with E-state index in [2.05, 4.69) is 29.6 Å². The maximum atomic E-state index is 12.0. The third kappa shape index (κ3) is 3.44. The molecule has 126 valence electrons. The number of carbonyl (C=O) groups is 1. The van der Waals surface area contributed by atoms with Crippen LogP contribution in [0.25, 0.3) is 11.1 Å². The highest BCUT2D eigenvalue weighted by Crippen LogP contribution is 2.44. The molecule has 2 aromatic carbocycles. The first-order chi connectivity index (χ1) is 11.7. The number of aliphatic hydroxyl groups excluding tert-OH is 1. The molecule has 0 heterocycles. The van der Waals surface area contributed by atoms with Crippen LogP contribution in [0.5, 0.6) is 0 Å². The predicted molar refractivity (Wildman–Crippen MR) is 94.0 cm³/mol. The van der Waals surface area contributed by atoms with Crippen LogP contribution in [0.2, 0.25) is 0 Å². The lowest BCUT2D eigenvalue weighted by Gasteiger charge is -2.17. The van der Waals surface area contributed by atoms with Crippen molar-refractivity contribution < 1.29 is 14.6 Å². The number of hydrogen-bond acceptors (Lipinski definition) is 3. The summed E-state index contributed by atoms with van der Waals surface area (Å²) in [4.78, 5) is 12.0. The number of aliphatic hydroxyl groups is 1. The van der Waals surface area contributed by atoms with Gasteiger partial charge in [0.2, 0.25) is 0 Å². The van der Waals surface area contributed by atoms with Gasteiger partial charge in [-0.25, -0.2) is 4.79 Å². The van der Waals surface area contributed by atoms with Crippen molar-refractivity contribution in [2.24, 2.45) is 0 Å². The number of rotatable bonds is 6. The summed E-state index contributed by atoms with van der Waals surface area (Å²) in [6.45, 7) is 2.38. The summed E-state index contributed by atoms with van der Waals surface area (Å²) < 4.78 is 5.48. The van der Waals surface area contributed by atoms with Gasteiger partial charge in [0, 0.05) is 18.6 Å². The summed E-state index contributed by atoms with van der Waals surface area (Å²) in [5.74, 6) is 0.0795. The number of carbonyl (C=O) groups excluding carboxylic acids is 1. The molecule has 24 heavy (non-hydrogen) atoms. The van der Waals surface area contributed by atoms with E-state index in [1.54, 1.807) is 0 Å². The van der Waals surface area contributed by atoms with Crippen molar-refractivity contribution in [1.82, 2.24) is 5.32 Å². The van der Waals surface area contributed by atoms with Crippen molar-refractivity contribution in [3.05, 3.63) is 59.7 Å². The molecule has 3 rings (SSSR count). The molecule has 0 spiro atoms. The van der Waals surface area contributed by atoms with Crippen LogP contribution < -0.4 is 5.32 Å². The van der Waals surface area contributed by atoms with E-state index in [1.165, 1.54) is 22.3 Å². The van der Waals surface area contributed by atoms with Gasteiger partial charge in [-0.1, -0.05) is 48.5 Å². The summed E-state index contributed by atoms with van der Waals surface area (Å²) in [6.07, 6.45) is 1.01. The molecule has 1 amide bonds. The molecule has 1 aliphatic rings. The number of amides is 1. The van der Waals surface area contributed by atoms with E-state index in [0.29, 0.717) is 13.0 Å². The standard InChI is InChI=1S/C20H23NO3/c1-14(7-6-12-22)21-20(23)24-13-19-17-10-4-2-8-15(17)16-9-3-5-11-18(16)19/h2-5,8-11,14,19,22H,6-7,12-13H2,1H3,(H,21,23)/t14-/m0/s1. The second kappa shape index (κ2) is 7.49. The number of fused-ring (bicyclic) bond motifs is 3. The Morgan fingerprint density at radius 1 is 1.12 bits per heavy atom. The van der Waals surface area contributed by atoms with Crippen molar-refractivity contribution in [2.75, 3.05) is 13.2 Å². The largest absolute Gasteiger partial charge is 0.449 e. The van der Waals surface area contributed by atoms with Crippen LogP contribution in [0.3, 0.4) is 0 Å². The molecule has 1 aliphatic carbocycles. The number of hydrogen-bond donors (Lipinski definition) is 2. The lowest BCUT2D eigenvalue weighted by Crippen LogP contribution is -2.34. The van der Waals surface area contributed by atoms with Crippen molar-refractivity contribution in [3.8, 4) is 11.1 Å². The molecule has 0 saturated carbocycles. The second-order valence-corrected chi connectivity index (χ2v) is 6.24. The number of benzene rings is 2. The van der Waals surface area contributed by atoms with Gasteiger partial charge >= 0.3 is 6.09 Å². The summed E-state index contributed by atoms with van der Waals surface area (Å²) in [5, 5.41) is 11.7. The Hall–Kier alpha value is -2.33. The average molecular weight is 325 g/mol. The van der Waals surface area contributed by atoms with E-state index >= 15 is 0 Å². The SMILES string of the molecule is C[C@@H](CCCO)NC(=O)OCC1c2ccccc2-c2ccccc21. The number of nitrogens with one attached hydrogen (secondary N) is 1. The Bertz CT molecular complexity index is 668. The normalized spacial score (nSPS) is 13.9. The minimum absolute atomic E-state index is 0.00667. The lowest BCUT2D eigenvalue weighted by molar-refractivity contribution is 0.138. The van der Waals surface area contributed by atoms with Crippen LogP contribution in [0.15, 0.2) is 48.5 Å². The average Bonchev–Trinajstić information content (AvgIpc) is 2.92. The molecule has 0 fully saturated rings. The highest BCUT2D eigenvalue weighted by molar-refractivity contribution is 5.79. The fourth-order valence-electron chi connectivity index (χ4n) is 3.31. The van der Waals surface area contributed by atoms with E-state index in [1.807, 2.05) is 31.2 Å². The summed E-state index contributed by atoms with van der Waals surface area (Å²) in [7, 11) is 0. The Morgan fingerprint density at radius 3 is 2.29 bits per heavy atom. The first-order valence-corrected chi connectivity index (χ1v) is 8.43. The van der Waals surface area contributed by atoms with Gasteiger partial charge in [0.15, 0.2) is 0 Å². The van der Waals surface area contributed by atoms with Gasteiger partial charge in [-0.3, -0.25) is 0 Å². The van der Waals surface area contributed by atoms with E-state index in [9.17, 15) is 4.79 Å². The molecule has 0 aliphatic heterocycles.